The van der Waals surface area contributed by atoms with Crippen molar-refractivity contribution in [2.45, 2.75) is 31.7 Å². The van der Waals surface area contributed by atoms with Gasteiger partial charge in [0.15, 0.2) is 0 Å². The van der Waals surface area contributed by atoms with Crippen molar-refractivity contribution < 1.29 is 18.0 Å². The Kier molecular flexibility index (Phi) is 6.12. The van der Waals surface area contributed by atoms with E-state index in [-0.39, 0.29) is 22.8 Å². The summed E-state index contributed by atoms with van der Waals surface area (Å²) in [6, 6.07) is 12.2. The minimum Gasteiger partial charge on any atom is -0.326 e. The molecule has 26 heavy (non-hydrogen) atoms. The second kappa shape index (κ2) is 8.11. The summed E-state index contributed by atoms with van der Waals surface area (Å²) in [5, 5.41) is 5.34. The third-order valence-electron chi connectivity index (χ3n) is 3.26. The molecule has 2 amide bonds. The molecular formula is C18H21N3O4S. The van der Waals surface area contributed by atoms with Gasteiger partial charge >= 0.3 is 0 Å². The molecule has 0 aliphatic rings. The summed E-state index contributed by atoms with van der Waals surface area (Å²) in [6.45, 7) is 4.86. The van der Waals surface area contributed by atoms with Crippen molar-refractivity contribution in [2.75, 3.05) is 10.6 Å². The molecule has 0 aliphatic carbocycles. The topological polar surface area (TPSA) is 104 Å². The predicted octanol–water partition coefficient (Wildman–Crippen LogP) is 2.58. The second-order valence-electron chi connectivity index (χ2n) is 6.02. The van der Waals surface area contributed by atoms with Crippen molar-refractivity contribution in [3.8, 4) is 0 Å². The van der Waals surface area contributed by atoms with Gasteiger partial charge in [0.25, 0.3) is 5.91 Å². The largest absolute Gasteiger partial charge is 0.326 e. The van der Waals surface area contributed by atoms with Crippen LogP contribution in [0.15, 0.2) is 53.4 Å². The Morgan fingerprint density at radius 2 is 1.50 bits per heavy atom. The highest BCUT2D eigenvalue weighted by molar-refractivity contribution is 7.89. The van der Waals surface area contributed by atoms with Crippen LogP contribution in [0.3, 0.4) is 0 Å². The molecule has 0 heterocycles. The molecule has 8 heteroatoms. The lowest BCUT2D eigenvalue weighted by molar-refractivity contribution is -0.114. The van der Waals surface area contributed by atoms with E-state index in [9.17, 15) is 18.0 Å². The molecule has 0 spiro atoms. The highest BCUT2D eigenvalue weighted by Gasteiger charge is 2.16. The van der Waals surface area contributed by atoms with E-state index in [0.717, 1.165) is 0 Å². The number of anilines is 2. The molecule has 2 aromatic carbocycles. The Labute approximate surface area is 152 Å². The van der Waals surface area contributed by atoms with Crippen LogP contribution in [0.25, 0.3) is 0 Å². The van der Waals surface area contributed by atoms with Gasteiger partial charge in [0.05, 0.1) is 4.90 Å². The molecule has 0 unspecified atom stereocenters. The van der Waals surface area contributed by atoms with Crippen LogP contribution < -0.4 is 15.4 Å². The van der Waals surface area contributed by atoms with Crippen LogP contribution in [0, 0.1) is 0 Å². The average molecular weight is 375 g/mol. The summed E-state index contributed by atoms with van der Waals surface area (Å²) < 4.78 is 26.7. The number of rotatable bonds is 6. The number of hydrogen-bond acceptors (Lipinski definition) is 4. The zero-order chi connectivity index (χ0) is 19.3. The smallest absolute Gasteiger partial charge is 0.255 e. The van der Waals surface area contributed by atoms with Crippen LogP contribution in [0.4, 0.5) is 11.4 Å². The fourth-order valence-corrected chi connectivity index (χ4v) is 3.50. The fraction of sp³-hybridized carbons (Fsp3) is 0.222. The first-order valence-corrected chi connectivity index (χ1v) is 9.47. The molecule has 0 aromatic heterocycles. The van der Waals surface area contributed by atoms with E-state index >= 15 is 0 Å². The summed E-state index contributed by atoms with van der Waals surface area (Å²) in [7, 11) is -3.60. The minimum absolute atomic E-state index is 0.0930. The van der Waals surface area contributed by atoms with Crippen molar-refractivity contribution in [2.24, 2.45) is 0 Å². The molecular weight excluding hydrogens is 354 g/mol. The van der Waals surface area contributed by atoms with Crippen molar-refractivity contribution in [1.29, 1.82) is 0 Å². The van der Waals surface area contributed by atoms with Crippen LogP contribution in [0.1, 0.15) is 31.1 Å². The average Bonchev–Trinajstić information content (AvgIpc) is 2.53. The first-order chi connectivity index (χ1) is 12.2. The van der Waals surface area contributed by atoms with Gasteiger partial charge in [-0.05, 0) is 56.3 Å². The van der Waals surface area contributed by atoms with E-state index in [1.807, 2.05) is 0 Å². The normalized spacial score (nSPS) is 11.2. The van der Waals surface area contributed by atoms with Crippen LogP contribution in [0.5, 0.6) is 0 Å². The summed E-state index contributed by atoms with van der Waals surface area (Å²) in [5.74, 6) is -0.592. The van der Waals surface area contributed by atoms with E-state index in [4.69, 9.17) is 0 Å². The standard InChI is InChI=1S/C18H21N3O4S/c1-12(2)21-26(24,25)17-9-7-14(8-10-17)18(23)20-16-6-4-5-15(11-16)19-13(3)22/h4-12,21H,1-3H3,(H,19,22)(H,20,23). The van der Waals surface area contributed by atoms with Gasteiger partial charge < -0.3 is 10.6 Å². The Morgan fingerprint density at radius 1 is 0.923 bits per heavy atom. The van der Waals surface area contributed by atoms with E-state index < -0.39 is 10.0 Å². The monoisotopic (exact) mass is 375 g/mol. The van der Waals surface area contributed by atoms with Crippen LogP contribution in [-0.4, -0.2) is 26.3 Å². The molecule has 2 aromatic rings. The van der Waals surface area contributed by atoms with Crippen molar-refractivity contribution >= 4 is 33.2 Å². The third kappa shape index (κ3) is 5.40. The number of carbonyl (C=O) groups excluding carboxylic acids is 2. The van der Waals surface area contributed by atoms with Gasteiger partial charge in [-0.25, -0.2) is 13.1 Å². The Hall–Kier alpha value is -2.71. The summed E-state index contributed by atoms with van der Waals surface area (Å²) in [5.41, 5.74) is 1.40. The molecule has 0 bridgehead atoms. The van der Waals surface area contributed by atoms with Gasteiger partial charge in [0.2, 0.25) is 15.9 Å². The first kappa shape index (κ1) is 19.6. The van der Waals surface area contributed by atoms with E-state index in [0.29, 0.717) is 16.9 Å². The zero-order valence-electron chi connectivity index (χ0n) is 14.7. The Bertz CT molecular complexity index is 906. The van der Waals surface area contributed by atoms with Crippen molar-refractivity contribution in [3.05, 3.63) is 54.1 Å². The molecule has 7 nitrogen and oxygen atoms in total. The molecule has 0 saturated heterocycles. The lowest BCUT2D eigenvalue weighted by atomic mass is 10.2. The lowest BCUT2D eigenvalue weighted by Crippen LogP contribution is -2.30. The summed E-state index contributed by atoms with van der Waals surface area (Å²) in [4.78, 5) is 23.5. The Morgan fingerprint density at radius 3 is 2.04 bits per heavy atom. The third-order valence-corrected chi connectivity index (χ3v) is 4.93. The quantitative estimate of drug-likeness (QED) is 0.722. The second-order valence-corrected chi connectivity index (χ2v) is 7.73. The van der Waals surface area contributed by atoms with Crippen LogP contribution in [-0.2, 0) is 14.8 Å². The fourth-order valence-electron chi connectivity index (χ4n) is 2.25. The number of hydrogen-bond donors (Lipinski definition) is 3. The SMILES string of the molecule is CC(=O)Nc1cccc(NC(=O)c2ccc(S(=O)(=O)NC(C)C)cc2)c1. The van der Waals surface area contributed by atoms with E-state index in [1.54, 1.807) is 38.1 Å². The van der Waals surface area contributed by atoms with Gasteiger partial charge in [-0.2, -0.15) is 0 Å². The first-order valence-electron chi connectivity index (χ1n) is 7.99. The highest BCUT2D eigenvalue weighted by atomic mass is 32.2. The van der Waals surface area contributed by atoms with Gasteiger partial charge in [-0.1, -0.05) is 6.07 Å². The number of benzene rings is 2. The van der Waals surface area contributed by atoms with Gasteiger partial charge in [0.1, 0.15) is 0 Å². The van der Waals surface area contributed by atoms with Gasteiger partial charge in [0, 0.05) is 29.9 Å². The van der Waals surface area contributed by atoms with Crippen LogP contribution in [0.2, 0.25) is 0 Å². The maximum Gasteiger partial charge on any atom is 0.255 e. The summed E-state index contributed by atoms with van der Waals surface area (Å²) in [6.07, 6.45) is 0. The molecule has 0 atom stereocenters. The number of amides is 2. The molecule has 2 rings (SSSR count). The lowest BCUT2D eigenvalue weighted by Gasteiger charge is -2.10. The molecule has 0 radical (unpaired) electrons. The summed E-state index contributed by atoms with van der Waals surface area (Å²) >= 11 is 0. The molecule has 0 aliphatic heterocycles. The minimum atomic E-state index is -3.60. The van der Waals surface area contributed by atoms with E-state index in [1.165, 1.54) is 31.2 Å². The molecule has 0 saturated carbocycles. The maximum atomic E-state index is 12.3. The Balaban J connectivity index is 2.12. The zero-order valence-corrected chi connectivity index (χ0v) is 15.6. The highest BCUT2D eigenvalue weighted by Crippen LogP contribution is 2.17. The van der Waals surface area contributed by atoms with Gasteiger partial charge in [-0.3, -0.25) is 9.59 Å². The molecule has 138 valence electrons. The molecule has 3 N–H and O–H groups in total. The number of nitrogens with one attached hydrogen (secondary N) is 3. The maximum absolute atomic E-state index is 12.3. The predicted molar refractivity (Wildman–Crippen MR) is 101 cm³/mol. The van der Waals surface area contributed by atoms with Crippen molar-refractivity contribution in [3.63, 3.8) is 0 Å². The van der Waals surface area contributed by atoms with Crippen molar-refractivity contribution in [1.82, 2.24) is 4.72 Å². The van der Waals surface area contributed by atoms with E-state index in [2.05, 4.69) is 15.4 Å². The molecule has 0 fully saturated rings. The number of sulfonamides is 1. The van der Waals surface area contributed by atoms with Crippen LogP contribution >= 0.6 is 0 Å². The van der Waals surface area contributed by atoms with Gasteiger partial charge in [-0.15, -0.1) is 0 Å². The number of carbonyl (C=O) groups is 2.